The van der Waals surface area contributed by atoms with Crippen LogP contribution >= 0.6 is 0 Å². The molecular formula is C48H37NO. The Balaban J connectivity index is 1.22. The molecule has 0 amide bonds. The molecule has 10 rings (SSSR count). The Morgan fingerprint density at radius 2 is 1.04 bits per heavy atom. The third-order valence-electron chi connectivity index (χ3n) is 11.4. The van der Waals surface area contributed by atoms with Crippen LogP contribution in [0.3, 0.4) is 0 Å². The molecule has 50 heavy (non-hydrogen) atoms. The number of para-hydroxylation sites is 2. The van der Waals surface area contributed by atoms with Gasteiger partial charge in [0.25, 0.3) is 0 Å². The van der Waals surface area contributed by atoms with Gasteiger partial charge in [0, 0.05) is 38.5 Å². The largest absolute Gasteiger partial charge is 0.455 e. The summed E-state index contributed by atoms with van der Waals surface area (Å²) in [7, 11) is 0. The number of rotatable bonds is 4. The summed E-state index contributed by atoms with van der Waals surface area (Å²) in [6.45, 7) is 9.45. The predicted molar refractivity (Wildman–Crippen MR) is 209 cm³/mol. The average molecular weight is 644 g/mol. The number of hydrogen-bond donors (Lipinski definition) is 0. The minimum absolute atomic E-state index is 0.0574. The summed E-state index contributed by atoms with van der Waals surface area (Å²) < 4.78 is 6.52. The van der Waals surface area contributed by atoms with Crippen molar-refractivity contribution in [2.45, 2.75) is 38.5 Å². The number of hydrogen-bond acceptors (Lipinski definition) is 2. The molecule has 0 radical (unpaired) electrons. The van der Waals surface area contributed by atoms with Crippen molar-refractivity contribution in [1.82, 2.24) is 0 Å². The van der Waals surface area contributed by atoms with Gasteiger partial charge in [-0.15, -0.1) is 0 Å². The van der Waals surface area contributed by atoms with Crippen LogP contribution in [-0.2, 0) is 10.8 Å². The van der Waals surface area contributed by atoms with Crippen molar-refractivity contribution in [3.8, 4) is 33.4 Å². The Labute approximate surface area is 293 Å². The van der Waals surface area contributed by atoms with Crippen molar-refractivity contribution >= 4 is 39.0 Å². The van der Waals surface area contributed by atoms with Crippen molar-refractivity contribution in [2.24, 2.45) is 0 Å². The van der Waals surface area contributed by atoms with Crippen LogP contribution in [0, 0.1) is 0 Å². The Hall–Kier alpha value is -5.86. The molecule has 8 aromatic rings. The Bertz CT molecular complexity index is 2670. The summed E-state index contributed by atoms with van der Waals surface area (Å²) in [5.74, 6) is 0. The normalized spacial score (nSPS) is 14.7. The quantitative estimate of drug-likeness (QED) is 0.190. The van der Waals surface area contributed by atoms with Crippen LogP contribution in [0.25, 0.3) is 55.3 Å². The van der Waals surface area contributed by atoms with E-state index in [0.717, 1.165) is 44.4 Å². The molecule has 2 aliphatic rings. The van der Waals surface area contributed by atoms with Gasteiger partial charge in [0.15, 0.2) is 0 Å². The Morgan fingerprint density at radius 1 is 0.440 bits per heavy atom. The van der Waals surface area contributed by atoms with Gasteiger partial charge in [-0.3, -0.25) is 0 Å². The highest BCUT2D eigenvalue weighted by Gasteiger charge is 2.40. The second-order valence-corrected chi connectivity index (χ2v) is 14.9. The van der Waals surface area contributed by atoms with Gasteiger partial charge in [0.2, 0.25) is 0 Å². The summed E-state index contributed by atoms with van der Waals surface area (Å²) >= 11 is 0. The molecular weight excluding hydrogens is 607 g/mol. The van der Waals surface area contributed by atoms with Crippen LogP contribution < -0.4 is 4.90 Å². The van der Waals surface area contributed by atoms with Crippen LogP contribution in [0.15, 0.2) is 156 Å². The van der Waals surface area contributed by atoms with Gasteiger partial charge < -0.3 is 9.32 Å². The molecule has 0 aliphatic heterocycles. The summed E-state index contributed by atoms with van der Waals surface area (Å²) in [5, 5.41) is 2.28. The van der Waals surface area contributed by atoms with Gasteiger partial charge in [-0.25, -0.2) is 0 Å². The number of fused-ring (bicyclic) bond motifs is 9. The SMILES string of the molecule is CC1(C)c2ccccc2-c2cc(N(c3cccc(-c4cccc5c4oc4ccccc45)c3)c3cccc4c3C(C)(C)c3ccccc3-4)ccc21. The van der Waals surface area contributed by atoms with Crippen LogP contribution in [0.1, 0.15) is 49.9 Å². The third kappa shape index (κ3) is 3.96. The van der Waals surface area contributed by atoms with E-state index in [4.69, 9.17) is 4.42 Å². The zero-order chi connectivity index (χ0) is 33.8. The van der Waals surface area contributed by atoms with Crippen molar-refractivity contribution in [2.75, 3.05) is 4.90 Å². The number of anilines is 3. The fourth-order valence-corrected chi connectivity index (χ4v) is 9.07. The van der Waals surface area contributed by atoms with E-state index in [9.17, 15) is 0 Å². The van der Waals surface area contributed by atoms with Crippen LogP contribution in [0.2, 0.25) is 0 Å². The first-order valence-electron chi connectivity index (χ1n) is 17.6. The lowest BCUT2D eigenvalue weighted by atomic mass is 9.81. The summed E-state index contributed by atoms with van der Waals surface area (Å²) in [4.78, 5) is 2.49. The highest BCUT2D eigenvalue weighted by Crippen LogP contribution is 2.56. The van der Waals surface area contributed by atoms with Gasteiger partial charge >= 0.3 is 0 Å². The molecule has 1 aromatic heterocycles. The maximum absolute atomic E-state index is 6.52. The maximum atomic E-state index is 6.52. The van der Waals surface area contributed by atoms with Crippen LogP contribution in [0.5, 0.6) is 0 Å². The van der Waals surface area contributed by atoms with Crippen LogP contribution in [0.4, 0.5) is 17.1 Å². The summed E-state index contributed by atoms with van der Waals surface area (Å²) in [5.41, 5.74) is 18.0. The van der Waals surface area contributed by atoms with E-state index < -0.39 is 0 Å². The molecule has 0 bridgehead atoms. The highest BCUT2D eigenvalue weighted by molar-refractivity contribution is 6.09. The first-order chi connectivity index (χ1) is 24.3. The van der Waals surface area contributed by atoms with Crippen molar-refractivity contribution in [3.63, 3.8) is 0 Å². The topological polar surface area (TPSA) is 16.4 Å². The zero-order valence-corrected chi connectivity index (χ0v) is 28.8. The molecule has 1 heterocycles. The molecule has 0 N–H and O–H groups in total. The maximum Gasteiger partial charge on any atom is 0.143 e. The van der Waals surface area contributed by atoms with E-state index in [1.54, 1.807) is 0 Å². The lowest BCUT2D eigenvalue weighted by Gasteiger charge is -2.33. The minimum Gasteiger partial charge on any atom is -0.455 e. The van der Waals surface area contributed by atoms with E-state index in [1.807, 2.05) is 6.07 Å². The number of benzene rings is 7. The van der Waals surface area contributed by atoms with Crippen molar-refractivity contribution < 1.29 is 4.42 Å². The third-order valence-corrected chi connectivity index (χ3v) is 11.4. The molecule has 0 atom stereocenters. The van der Waals surface area contributed by atoms with Gasteiger partial charge in [0.1, 0.15) is 11.2 Å². The fraction of sp³-hybridized carbons (Fsp3) is 0.125. The minimum atomic E-state index is -0.177. The van der Waals surface area contributed by atoms with Crippen LogP contribution in [-0.4, -0.2) is 0 Å². The molecule has 2 nitrogen and oxygen atoms in total. The van der Waals surface area contributed by atoms with Gasteiger partial charge in [-0.2, -0.15) is 0 Å². The monoisotopic (exact) mass is 643 g/mol. The molecule has 0 unspecified atom stereocenters. The van der Waals surface area contributed by atoms with E-state index in [1.165, 1.54) is 50.2 Å². The lowest BCUT2D eigenvalue weighted by Crippen LogP contribution is -2.21. The average Bonchev–Trinajstić information content (AvgIpc) is 3.72. The number of nitrogens with zero attached hydrogens (tertiary/aromatic N) is 1. The van der Waals surface area contributed by atoms with Crippen molar-refractivity contribution in [3.05, 3.63) is 174 Å². The molecule has 0 spiro atoms. The molecule has 0 saturated heterocycles. The lowest BCUT2D eigenvalue weighted by molar-refractivity contribution is 0.660. The van der Waals surface area contributed by atoms with E-state index in [-0.39, 0.29) is 10.8 Å². The van der Waals surface area contributed by atoms with Crippen molar-refractivity contribution in [1.29, 1.82) is 0 Å². The molecule has 7 aromatic carbocycles. The number of furan rings is 1. The van der Waals surface area contributed by atoms with Gasteiger partial charge in [-0.1, -0.05) is 143 Å². The van der Waals surface area contributed by atoms with Gasteiger partial charge in [-0.05, 0) is 86.5 Å². The first-order valence-corrected chi connectivity index (χ1v) is 17.6. The first kappa shape index (κ1) is 29.1. The molecule has 240 valence electrons. The second kappa shape index (κ2) is 10.3. The molecule has 2 heteroatoms. The Kier molecular flexibility index (Phi) is 6.01. The fourth-order valence-electron chi connectivity index (χ4n) is 9.07. The standard InChI is InChI=1S/C48H37NO/c1-47(2)40-22-8-6-17-35(40)39-29-32(26-27-42(39)47)49(43-24-13-20-37-34-16-5-9-23-41(34)48(3,4)45(37)43)31-15-11-14-30(28-31)33-19-12-21-38-36-18-7-10-25-44(36)50-46(33)38/h5-29H,1-4H3. The van der Waals surface area contributed by atoms with E-state index >= 15 is 0 Å². The molecule has 0 saturated carbocycles. The highest BCUT2D eigenvalue weighted by atomic mass is 16.3. The van der Waals surface area contributed by atoms with Gasteiger partial charge in [0.05, 0.1) is 5.69 Å². The summed E-state index contributed by atoms with van der Waals surface area (Å²) in [6.07, 6.45) is 0. The van der Waals surface area contributed by atoms with E-state index in [0.29, 0.717) is 0 Å². The molecule has 0 fully saturated rings. The summed E-state index contributed by atoms with van der Waals surface area (Å²) in [6, 6.07) is 55.6. The Morgan fingerprint density at radius 3 is 1.88 bits per heavy atom. The van der Waals surface area contributed by atoms with E-state index in [2.05, 4.69) is 178 Å². The predicted octanol–water partition coefficient (Wildman–Crippen LogP) is 13.3. The molecule has 2 aliphatic carbocycles. The second-order valence-electron chi connectivity index (χ2n) is 14.9. The zero-order valence-electron chi connectivity index (χ0n) is 28.8. The smallest absolute Gasteiger partial charge is 0.143 e.